The van der Waals surface area contributed by atoms with E-state index in [1.54, 1.807) is 0 Å². The van der Waals surface area contributed by atoms with Crippen molar-refractivity contribution in [2.75, 3.05) is 0 Å². The highest BCUT2D eigenvalue weighted by Crippen LogP contribution is 2.48. The molecule has 0 aromatic heterocycles. The molecule has 0 heteroatoms. The predicted molar refractivity (Wildman–Crippen MR) is 286 cm³/mol. The molecule has 0 aliphatic carbocycles. The second-order valence-electron chi connectivity index (χ2n) is 18.0. The van der Waals surface area contributed by atoms with E-state index in [-0.39, 0.29) is 0 Å². The third-order valence-electron chi connectivity index (χ3n) is 14.3. The molecule has 0 bridgehead atoms. The minimum Gasteiger partial charge on any atom is -0.0622 e. The predicted octanol–water partition coefficient (Wildman–Crippen LogP) is 18.7. The van der Waals surface area contributed by atoms with Gasteiger partial charge < -0.3 is 0 Å². The first kappa shape index (κ1) is 38.2. The SMILES string of the molecule is Cc1ccc(-c2c3ccccc3c(-c3ccc(-c4c5ccccc5c(-c5ccccc5)c5ccccc45)cc3)c3ccccc23)cc1-c1cc2c3ccccc3c3ccccc3c2cc1C. The molecule has 0 radical (unpaired) electrons. The van der Waals surface area contributed by atoms with Crippen LogP contribution >= 0.6 is 0 Å². The monoisotopic (exact) mass is 836 g/mol. The lowest BCUT2D eigenvalue weighted by Crippen LogP contribution is -1.94. The molecule has 308 valence electrons. The molecule has 0 heterocycles. The summed E-state index contributed by atoms with van der Waals surface area (Å²) in [6, 6.07) is 85.8. The lowest BCUT2D eigenvalue weighted by Gasteiger charge is -2.20. The van der Waals surface area contributed by atoms with Crippen molar-refractivity contribution in [3.63, 3.8) is 0 Å². The van der Waals surface area contributed by atoms with Gasteiger partial charge in [0.1, 0.15) is 0 Å². The van der Waals surface area contributed by atoms with Crippen molar-refractivity contribution in [1.82, 2.24) is 0 Å². The standard InChI is InChI=1S/C66H44/c1-41-32-33-46(39-59(41)60-40-62-50-23-9-7-21-48(50)47-20-6-8-22-49(47)61(62)38-42(60)2)66-57-30-16-14-28-55(57)65(56-29-15-17-31-58(56)66)45-36-34-44(35-37-45)64-53-26-12-10-24-51(53)63(43-18-4-3-5-19-43)52-25-11-13-27-54(52)64/h3-40H,1-2H3. The molecule has 0 unspecified atom stereocenters. The smallest absolute Gasteiger partial charge is 0.00262 e. The Morgan fingerprint density at radius 1 is 0.182 bits per heavy atom. The van der Waals surface area contributed by atoms with Crippen molar-refractivity contribution in [3.05, 3.63) is 242 Å². The number of aryl methyl sites for hydroxylation is 2. The number of hydrogen-bond acceptors (Lipinski definition) is 0. The van der Waals surface area contributed by atoms with E-state index in [0.29, 0.717) is 0 Å². The normalized spacial score (nSPS) is 11.8. The fraction of sp³-hybridized carbons (Fsp3) is 0.0303. The van der Waals surface area contributed by atoms with Gasteiger partial charge in [0.25, 0.3) is 0 Å². The van der Waals surface area contributed by atoms with Crippen LogP contribution in [0.5, 0.6) is 0 Å². The van der Waals surface area contributed by atoms with Crippen LogP contribution in [0.3, 0.4) is 0 Å². The summed E-state index contributed by atoms with van der Waals surface area (Å²) in [6.07, 6.45) is 0. The van der Waals surface area contributed by atoms with Crippen LogP contribution in [-0.2, 0) is 0 Å². The van der Waals surface area contributed by atoms with E-state index in [4.69, 9.17) is 0 Å². The Hall–Kier alpha value is -8.32. The van der Waals surface area contributed by atoms with Gasteiger partial charge in [0.2, 0.25) is 0 Å². The molecule has 0 aliphatic heterocycles. The summed E-state index contributed by atoms with van der Waals surface area (Å²) in [7, 11) is 0. The van der Waals surface area contributed by atoms with Crippen LogP contribution in [0.1, 0.15) is 11.1 Å². The van der Waals surface area contributed by atoms with Crippen LogP contribution in [0.25, 0.3) is 131 Å². The maximum absolute atomic E-state index is 2.46. The molecular weight excluding hydrogens is 793 g/mol. The molecule has 13 rings (SSSR count). The first-order valence-corrected chi connectivity index (χ1v) is 23.1. The van der Waals surface area contributed by atoms with E-state index in [2.05, 4.69) is 244 Å². The minimum absolute atomic E-state index is 1.21. The van der Waals surface area contributed by atoms with Gasteiger partial charge in [0.05, 0.1) is 0 Å². The quantitative estimate of drug-likeness (QED) is 0.120. The van der Waals surface area contributed by atoms with E-state index in [0.717, 1.165) is 0 Å². The Morgan fingerprint density at radius 3 is 0.848 bits per heavy atom. The van der Waals surface area contributed by atoms with Crippen molar-refractivity contribution in [2.45, 2.75) is 13.8 Å². The molecular formula is C66H44. The molecule has 0 N–H and O–H groups in total. The van der Waals surface area contributed by atoms with Gasteiger partial charge in [-0.2, -0.15) is 0 Å². The van der Waals surface area contributed by atoms with Crippen LogP contribution in [0.4, 0.5) is 0 Å². The zero-order valence-electron chi connectivity index (χ0n) is 36.9. The average Bonchev–Trinajstić information content (AvgIpc) is 3.38. The van der Waals surface area contributed by atoms with Gasteiger partial charge in [-0.3, -0.25) is 0 Å². The molecule has 13 aromatic rings. The molecule has 0 saturated carbocycles. The molecule has 13 aromatic carbocycles. The second-order valence-corrected chi connectivity index (χ2v) is 18.0. The maximum atomic E-state index is 2.46. The van der Waals surface area contributed by atoms with Gasteiger partial charge >= 0.3 is 0 Å². The van der Waals surface area contributed by atoms with E-state index in [9.17, 15) is 0 Å². The van der Waals surface area contributed by atoms with E-state index < -0.39 is 0 Å². The molecule has 0 spiro atoms. The number of benzene rings is 13. The second kappa shape index (κ2) is 15.2. The summed E-state index contributed by atoms with van der Waals surface area (Å²) in [5.74, 6) is 0. The molecule has 0 saturated heterocycles. The van der Waals surface area contributed by atoms with Crippen LogP contribution in [0.2, 0.25) is 0 Å². The molecule has 0 fully saturated rings. The number of hydrogen-bond donors (Lipinski definition) is 0. The van der Waals surface area contributed by atoms with E-state index in [1.165, 1.54) is 142 Å². The van der Waals surface area contributed by atoms with Crippen molar-refractivity contribution in [2.24, 2.45) is 0 Å². The molecule has 66 heavy (non-hydrogen) atoms. The Bertz CT molecular complexity index is 3980. The zero-order valence-corrected chi connectivity index (χ0v) is 36.9. The van der Waals surface area contributed by atoms with Gasteiger partial charge in [-0.25, -0.2) is 0 Å². The third-order valence-corrected chi connectivity index (χ3v) is 14.3. The summed E-state index contributed by atoms with van der Waals surface area (Å²) >= 11 is 0. The van der Waals surface area contributed by atoms with Gasteiger partial charge in [-0.1, -0.05) is 218 Å². The van der Waals surface area contributed by atoms with Crippen LogP contribution in [0, 0.1) is 13.8 Å². The van der Waals surface area contributed by atoms with Crippen LogP contribution in [0.15, 0.2) is 231 Å². The lowest BCUT2D eigenvalue weighted by molar-refractivity contribution is 1.42. The van der Waals surface area contributed by atoms with Gasteiger partial charge in [0, 0.05) is 0 Å². The van der Waals surface area contributed by atoms with E-state index >= 15 is 0 Å². The topological polar surface area (TPSA) is 0 Å². The van der Waals surface area contributed by atoms with Gasteiger partial charge in [0.15, 0.2) is 0 Å². The van der Waals surface area contributed by atoms with Crippen molar-refractivity contribution < 1.29 is 0 Å². The highest BCUT2D eigenvalue weighted by Gasteiger charge is 2.21. The Balaban J connectivity index is 0.981. The zero-order chi connectivity index (χ0) is 43.9. The largest absolute Gasteiger partial charge is 0.0622 e. The lowest BCUT2D eigenvalue weighted by atomic mass is 9.83. The summed E-state index contributed by atoms with van der Waals surface area (Å²) in [5, 5.41) is 17.9. The van der Waals surface area contributed by atoms with Crippen molar-refractivity contribution in [1.29, 1.82) is 0 Å². The molecule has 0 nitrogen and oxygen atoms in total. The van der Waals surface area contributed by atoms with Crippen LogP contribution in [-0.4, -0.2) is 0 Å². The van der Waals surface area contributed by atoms with Crippen molar-refractivity contribution in [3.8, 4) is 55.6 Å². The Morgan fingerprint density at radius 2 is 0.455 bits per heavy atom. The van der Waals surface area contributed by atoms with Crippen molar-refractivity contribution >= 4 is 75.4 Å². The first-order valence-electron chi connectivity index (χ1n) is 23.1. The fourth-order valence-electron chi connectivity index (χ4n) is 11.3. The molecule has 0 amide bonds. The van der Waals surface area contributed by atoms with Gasteiger partial charge in [-0.15, -0.1) is 0 Å². The van der Waals surface area contributed by atoms with Crippen LogP contribution < -0.4 is 0 Å². The molecule has 0 atom stereocenters. The van der Waals surface area contributed by atoms with E-state index in [1.807, 2.05) is 0 Å². The van der Waals surface area contributed by atoms with Gasteiger partial charge in [-0.05, 0) is 168 Å². The highest BCUT2D eigenvalue weighted by atomic mass is 14.2. The number of rotatable bonds is 5. The Kier molecular flexibility index (Phi) is 8.76. The summed E-state index contributed by atoms with van der Waals surface area (Å²) < 4.78 is 0. The summed E-state index contributed by atoms with van der Waals surface area (Å²) in [6.45, 7) is 4.54. The highest BCUT2D eigenvalue weighted by molar-refractivity contribution is 6.27. The third kappa shape index (κ3) is 5.85. The number of fused-ring (bicyclic) bond motifs is 10. The maximum Gasteiger partial charge on any atom is -0.00262 e. The summed E-state index contributed by atoms with van der Waals surface area (Å²) in [4.78, 5) is 0. The summed E-state index contributed by atoms with van der Waals surface area (Å²) in [5.41, 5.74) is 15.1. The Labute approximate surface area is 384 Å². The first-order chi connectivity index (χ1) is 32.6. The molecule has 0 aliphatic rings. The fourth-order valence-corrected chi connectivity index (χ4v) is 11.3. The average molecular weight is 837 g/mol. The minimum atomic E-state index is 1.21.